The number of hydrogen-bond donors (Lipinski definition) is 0. The van der Waals surface area contributed by atoms with Gasteiger partial charge in [-0.1, -0.05) is 23.4 Å². The Hall–Kier alpha value is -3.63. The molecule has 0 radical (unpaired) electrons. The van der Waals surface area contributed by atoms with Gasteiger partial charge in [0.1, 0.15) is 5.82 Å². The number of nitrogens with zero attached hydrogens (tertiary/aromatic N) is 5. The van der Waals surface area contributed by atoms with Crippen LogP contribution in [0.1, 0.15) is 30.1 Å². The van der Waals surface area contributed by atoms with Gasteiger partial charge in [0, 0.05) is 43.7 Å². The fourth-order valence-electron chi connectivity index (χ4n) is 5.84. The first kappa shape index (κ1) is 24.7. The number of benzene rings is 2. The highest BCUT2D eigenvalue weighted by atomic mass is 32.2. The van der Waals surface area contributed by atoms with Crippen LogP contribution in [0.15, 0.2) is 59.6 Å². The molecule has 1 aliphatic heterocycles. The van der Waals surface area contributed by atoms with Crippen LogP contribution in [0.3, 0.4) is 0 Å². The van der Waals surface area contributed by atoms with Crippen molar-refractivity contribution in [3.63, 3.8) is 0 Å². The van der Waals surface area contributed by atoms with Crippen molar-refractivity contribution in [3.05, 3.63) is 71.8 Å². The van der Waals surface area contributed by atoms with Crippen LogP contribution in [0, 0.1) is 18.7 Å². The van der Waals surface area contributed by atoms with Crippen LogP contribution in [0.25, 0.3) is 33.2 Å². The van der Waals surface area contributed by atoms with E-state index in [2.05, 4.69) is 14.9 Å². The first-order valence-electron chi connectivity index (χ1n) is 12.6. The molecule has 1 atom stereocenters. The fourth-order valence-corrected chi connectivity index (χ4v) is 6.73. The third-order valence-corrected chi connectivity index (χ3v) is 8.64. The number of aromatic nitrogens is 5. The minimum atomic E-state index is -3.54. The minimum Gasteiger partial charge on any atom is -0.381 e. The molecule has 2 aromatic carbocycles. The highest BCUT2D eigenvalue weighted by Crippen LogP contribution is 2.42. The number of hydrogen-bond acceptors (Lipinski definition) is 6. The monoisotopic (exact) mass is 533 g/mol. The van der Waals surface area contributed by atoms with Gasteiger partial charge < -0.3 is 9.30 Å². The van der Waals surface area contributed by atoms with Crippen LogP contribution in [-0.2, 0) is 21.6 Å². The number of ether oxygens (including phenoxy) is 1. The highest BCUT2D eigenvalue weighted by Gasteiger charge is 2.31. The van der Waals surface area contributed by atoms with Crippen LogP contribution in [0.4, 0.5) is 4.39 Å². The van der Waals surface area contributed by atoms with Gasteiger partial charge in [0.2, 0.25) is 0 Å². The van der Waals surface area contributed by atoms with Crippen molar-refractivity contribution in [1.82, 2.24) is 24.5 Å². The standard InChI is InChI=1S/C28H28FN5O3S/c1-17-27(33(2)32-31-17)20-15-23-26(30-16-20)25-22(5-4-6-24(25)38(3,35)36)34(23)28(19-11-13-37-14-12-19)18-7-9-21(29)10-8-18/h4-10,15-16,19,28H,11-14H2,1-3H3/t28-/m1/s1. The number of pyridine rings is 1. The summed E-state index contributed by atoms with van der Waals surface area (Å²) in [5.74, 6) is -0.108. The molecular formula is C28H28FN5O3S. The first-order chi connectivity index (χ1) is 18.2. The smallest absolute Gasteiger partial charge is 0.176 e. The van der Waals surface area contributed by atoms with Gasteiger partial charge in [0.25, 0.3) is 0 Å². The van der Waals surface area contributed by atoms with Crippen LogP contribution in [0.2, 0.25) is 0 Å². The molecule has 3 aromatic heterocycles. The lowest BCUT2D eigenvalue weighted by molar-refractivity contribution is 0.0552. The average molecular weight is 534 g/mol. The van der Waals surface area contributed by atoms with Crippen molar-refractivity contribution in [2.45, 2.75) is 30.7 Å². The summed E-state index contributed by atoms with van der Waals surface area (Å²) in [6.07, 6.45) is 4.62. The molecule has 0 aliphatic carbocycles. The maximum atomic E-state index is 14.0. The first-order valence-corrected chi connectivity index (χ1v) is 14.5. The molecule has 5 aromatic rings. The van der Waals surface area contributed by atoms with E-state index in [4.69, 9.17) is 9.72 Å². The fraction of sp³-hybridized carbons (Fsp3) is 0.321. The van der Waals surface area contributed by atoms with E-state index in [0.717, 1.165) is 46.4 Å². The molecule has 0 saturated carbocycles. The number of sulfone groups is 1. The van der Waals surface area contributed by atoms with E-state index in [1.807, 2.05) is 38.2 Å². The Labute approximate surface area is 220 Å². The highest BCUT2D eigenvalue weighted by molar-refractivity contribution is 7.91. The second kappa shape index (κ2) is 9.28. The van der Waals surface area contributed by atoms with Crippen molar-refractivity contribution < 1.29 is 17.5 Å². The van der Waals surface area contributed by atoms with Gasteiger partial charge in [-0.25, -0.2) is 17.5 Å². The molecule has 0 spiro atoms. The molecule has 1 aliphatic rings. The lowest BCUT2D eigenvalue weighted by Crippen LogP contribution is -2.27. The van der Waals surface area contributed by atoms with Gasteiger partial charge in [-0.15, -0.1) is 5.10 Å². The van der Waals surface area contributed by atoms with Gasteiger partial charge >= 0.3 is 0 Å². The molecular weight excluding hydrogens is 505 g/mol. The second-order valence-electron chi connectivity index (χ2n) is 9.98. The molecule has 4 heterocycles. The average Bonchev–Trinajstić information content (AvgIpc) is 3.41. The Bertz CT molecular complexity index is 1750. The summed E-state index contributed by atoms with van der Waals surface area (Å²) in [5.41, 5.74) is 5.57. The van der Waals surface area contributed by atoms with Crippen molar-refractivity contribution >= 4 is 31.8 Å². The van der Waals surface area contributed by atoms with E-state index < -0.39 is 9.84 Å². The molecule has 0 N–H and O–H groups in total. The van der Waals surface area contributed by atoms with E-state index in [-0.39, 0.29) is 22.7 Å². The van der Waals surface area contributed by atoms with E-state index in [0.29, 0.717) is 24.1 Å². The van der Waals surface area contributed by atoms with Crippen molar-refractivity contribution in [2.75, 3.05) is 19.5 Å². The van der Waals surface area contributed by atoms with Crippen LogP contribution < -0.4 is 0 Å². The zero-order valence-electron chi connectivity index (χ0n) is 21.4. The Morgan fingerprint density at radius 1 is 1.08 bits per heavy atom. The number of rotatable bonds is 5. The molecule has 0 unspecified atom stereocenters. The predicted molar refractivity (Wildman–Crippen MR) is 143 cm³/mol. The van der Waals surface area contributed by atoms with Gasteiger partial charge in [-0.3, -0.25) is 4.98 Å². The van der Waals surface area contributed by atoms with Crippen molar-refractivity contribution in [3.8, 4) is 11.3 Å². The minimum absolute atomic E-state index is 0.183. The van der Waals surface area contributed by atoms with E-state index in [1.165, 1.54) is 18.4 Å². The lowest BCUT2D eigenvalue weighted by Gasteiger charge is -2.33. The Morgan fingerprint density at radius 2 is 1.82 bits per heavy atom. The van der Waals surface area contributed by atoms with Crippen LogP contribution >= 0.6 is 0 Å². The maximum Gasteiger partial charge on any atom is 0.176 e. The van der Waals surface area contributed by atoms with Crippen molar-refractivity contribution in [2.24, 2.45) is 13.0 Å². The summed E-state index contributed by atoms with van der Waals surface area (Å²) in [6.45, 7) is 3.17. The Balaban J connectivity index is 1.73. The largest absolute Gasteiger partial charge is 0.381 e. The van der Waals surface area contributed by atoms with Gasteiger partial charge in [0.05, 0.1) is 38.9 Å². The molecule has 6 rings (SSSR count). The van der Waals surface area contributed by atoms with Gasteiger partial charge in [-0.05, 0) is 61.6 Å². The number of aryl methyl sites for hydroxylation is 2. The summed E-state index contributed by atoms with van der Waals surface area (Å²) in [6, 6.07) is 13.8. The summed E-state index contributed by atoms with van der Waals surface area (Å²) >= 11 is 0. The van der Waals surface area contributed by atoms with E-state index >= 15 is 0 Å². The molecule has 38 heavy (non-hydrogen) atoms. The number of halogens is 1. The van der Waals surface area contributed by atoms with Crippen molar-refractivity contribution in [1.29, 1.82) is 0 Å². The topological polar surface area (TPSA) is 91.9 Å². The molecule has 10 heteroatoms. The maximum absolute atomic E-state index is 14.0. The number of fused-ring (bicyclic) bond motifs is 3. The SMILES string of the molecule is Cc1nnn(C)c1-c1cnc2c3c(S(C)(=O)=O)cccc3n([C@H](c3ccc(F)cc3)C3CCOCC3)c2c1. The summed E-state index contributed by atoms with van der Waals surface area (Å²) in [4.78, 5) is 5.08. The molecule has 0 bridgehead atoms. The van der Waals surface area contributed by atoms with Crippen LogP contribution in [-0.4, -0.2) is 52.4 Å². The predicted octanol–water partition coefficient (Wildman–Crippen LogP) is 4.85. The van der Waals surface area contributed by atoms with Crippen LogP contribution in [0.5, 0.6) is 0 Å². The normalized spacial score (nSPS) is 15.9. The zero-order valence-corrected chi connectivity index (χ0v) is 22.2. The Kier molecular flexibility index (Phi) is 6.03. The third-order valence-electron chi connectivity index (χ3n) is 7.50. The second-order valence-corrected chi connectivity index (χ2v) is 12.0. The Morgan fingerprint density at radius 3 is 2.47 bits per heavy atom. The molecule has 0 amide bonds. The zero-order chi connectivity index (χ0) is 26.6. The molecule has 1 saturated heterocycles. The quantitative estimate of drug-likeness (QED) is 0.321. The molecule has 1 fully saturated rings. The lowest BCUT2D eigenvalue weighted by atomic mass is 9.86. The van der Waals surface area contributed by atoms with Gasteiger partial charge in [-0.2, -0.15) is 0 Å². The third kappa shape index (κ3) is 4.08. The summed E-state index contributed by atoms with van der Waals surface area (Å²) in [7, 11) is -1.71. The summed E-state index contributed by atoms with van der Waals surface area (Å²) < 4.78 is 49.4. The van der Waals surface area contributed by atoms with Gasteiger partial charge in [0.15, 0.2) is 9.84 Å². The van der Waals surface area contributed by atoms with E-state index in [1.54, 1.807) is 23.0 Å². The summed E-state index contributed by atoms with van der Waals surface area (Å²) in [5, 5.41) is 8.94. The molecule has 8 nitrogen and oxygen atoms in total. The van der Waals surface area contributed by atoms with E-state index in [9.17, 15) is 12.8 Å². The molecule has 196 valence electrons.